The predicted octanol–water partition coefficient (Wildman–Crippen LogP) is 3.03. The van der Waals surface area contributed by atoms with Crippen molar-refractivity contribution in [2.24, 2.45) is 0 Å². The van der Waals surface area contributed by atoms with Crippen molar-refractivity contribution in [2.75, 3.05) is 11.5 Å². The largest absolute Gasteiger partial charge is 0.467 e. The fraction of sp³-hybridized carbons (Fsp3) is 0.188. The number of rotatable bonds is 7. The first kappa shape index (κ1) is 16.5. The minimum atomic E-state index is 0.00836. The zero-order valence-electron chi connectivity index (χ0n) is 12.8. The van der Waals surface area contributed by atoms with Crippen molar-refractivity contribution in [3.8, 4) is 0 Å². The third-order valence-corrected chi connectivity index (χ3v) is 5.11. The van der Waals surface area contributed by atoms with E-state index in [2.05, 4.69) is 10.2 Å². The van der Waals surface area contributed by atoms with Crippen LogP contribution in [-0.4, -0.2) is 26.8 Å². The van der Waals surface area contributed by atoms with Gasteiger partial charge in [0.25, 0.3) is 0 Å². The number of thioether (sulfide) groups is 1. The highest BCUT2D eigenvalue weighted by Crippen LogP contribution is 2.24. The lowest BCUT2D eigenvalue weighted by Crippen LogP contribution is -2.31. The fourth-order valence-electron chi connectivity index (χ4n) is 2.12. The fourth-order valence-corrected chi connectivity index (χ4v) is 3.66. The molecular weight excluding hydrogens is 344 g/mol. The Kier molecular flexibility index (Phi) is 5.50. The summed E-state index contributed by atoms with van der Waals surface area (Å²) in [4.78, 5) is 14.4. The van der Waals surface area contributed by atoms with Gasteiger partial charge in [-0.2, -0.15) is 0 Å². The third-order valence-electron chi connectivity index (χ3n) is 3.24. The predicted molar refractivity (Wildman–Crippen MR) is 94.4 cm³/mol. The zero-order chi connectivity index (χ0) is 16.8. The number of benzene rings is 1. The van der Waals surface area contributed by atoms with Gasteiger partial charge in [0, 0.05) is 6.54 Å². The van der Waals surface area contributed by atoms with Crippen LogP contribution in [0.1, 0.15) is 11.3 Å². The number of hydrogen-bond donors (Lipinski definition) is 1. The van der Waals surface area contributed by atoms with Crippen molar-refractivity contribution < 1.29 is 9.21 Å². The Bertz CT molecular complexity index is 774. The van der Waals surface area contributed by atoms with E-state index in [1.54, 1.807) is 11.2 Å². The summed E-state index contributed by atoms with van der Waals surface area (Å²) in [5, 5.41) is 8.08. The summed E-state index contributed by atoms with van der Waals surface area (Å²) < 4.78 is 6.07. The van der Waals surface area contributed by atoms with Gasteiger partial charge in [0.05, 0.1) is 18.6 Å². The molecular formula is C16H16N4O2S2. The molecule has 2 N–H and O–H groups in total. The van der Waals surface area contributed by atoms with Crippen molar-refractivity contribution in [3.05, 3.63) is 60.1 Å². The van der Waals surface area contributed by atoms with E-state index in [9.17, 15) is 4.79 Å². The van der Waals surface area contributed by atoms with Crippen LogP contribution in [-0.2, 0) is 17.9 Å². The van der Waals surface area contributed by atoms with Crippen molar-refractivity contribution in [1.29, 1.82) is 0 Å². The molecule has 0 atom stereocenters. The lowest BCUT2D eigenvalue weighted by atomic mass is 10.2. The number of nitrogens with zero attached hydrogens (tertiary/aromatic N) is 3. The quantitative estimate of drug-likeness (QED) is 0.652. The van der Waals surface area contributed by atoms with Gasteiger partial charge in [-0.25, -0.2) is 0 Å². The monoisotopic (exact) mass is 360 g/mol. The summed E-state index contributed by atoms with van der Waals surface area (Å²) in [6.07, 6.45) is 1.61. The van der Waals surface area contributed by atoms with Gasteiger partial charge in [0.2, 0.25) is 11.0 Å². The van der Waals surface area contributed by atoms with Crippen LogP contribution in [0.2, 0.25) is 0 Å². The molecule has 1 aromatic carbocycles. The van der Waals surface area contributed by atoms with Crippen LogP contribution in [0.4, 0.5) is 5.13 Å². The van der Waals surface area contributed by atoms with Gasteiger partial charge in [-0.15, -0.1) is 10.2 Å². The van der Waals surface area contributed by atoms with E-state index in [1.807, 2.05) is 42.5 Å². The Morgan fingerprint density at radius 1 is 1.17 bits per heavy atom. The van der Waals surface area contributed by atoms with Gasteiger partial charge in [-0.3, -0.25) is 4.79 Å². The normalized spacial score (nSPS) is 10.7. The van der Waals surface area contributed by atoms with Crippen molar-refractivity contribution in [1.82, 2.24) is 15.1 Å². The van der Waals surface area contributed by atoms with Crippen molar-refractivity contribution in [3.63, 3.8) is 0 Å². The molecule has 124 valence electrons. The minimum absolute atomic E-state index is 0.00836. The molecule has 0 spiro atoms. The van der Waals surface area contributed by atoms with Crippen LogP contribution in [0.3, 0.4) is 0 Å². The number of hydrogen-bond acceptors (Lipinski definition) is 7. The Morgan fingerprint density at radius 2 is 2.00 bits per heavy atom. The van der Waals surface area contributed by atoms with Gasteiger partial charge >= 0.3 is 0 Å². The van der Waals surface area contributed by atoms with Crippen LogP contribution in [0.25, 0.3) is 0 Å². The topological polar surface area (TPSA) is 85.2 Å². The average molecular weight is 360 g/mol. The highest BCUT2D eigenvalue weighted by atomic mass is 32.2. The van der Waals surface area contributed by atoms with E-state index in [4.69, 9.17) is 10.2 Å². The maximum absolute atomic E-state index is 12.6. The summed E-state index contributed by atoms with van der Waals surface area (Å²) in [5.74, 6) is 1.04. The molecule has 6 nitrogen and oxygen atoms in total. The summed E-state index contributed by atoms with van der Waals surface area (Å²) >= 11 is 2.62. The molecule has 0 aliphatic rings. The summed E-state index contributed by atoms with van der Waals surface area (Å²) in [7, 11) is 0. The molecule has 0 fully saturated rings. The van der Waals surface area contributed by atoms with Crippen LogP contribution in [0.5, 0.6) is 0 Å². The first-order valence-corrected chi connectivity index (χ1v) is 9.07. The average Bonchev–Trinajstić information content (AvgIpc) is 3.24. The van der Waals surface area contributed by atoms with E-state index in [0.29, 0.717) is 22.6 Å². The molecule has 24 heavy (non-hydrogen) atoms. The van der Waals surface area contributed by atoms with E-state index in [0.717, 1.165) is 11.3 Å². The molecule has 0 saturated heterocycles. The number of nitrogen functional groups attached to an aromatic ring is 1. The molecule has 3 rings (SSSR count). The second kappa shape index (κ2) is 7.98. The van der Waals surface area contributed by atoms with Crippen molar-refractivity contribution in [2.45, 2.75) is 17.4 Å². The lowest BCUT2D eigenvalue weighted by molar-refractivity contribution is -0.129. The van der Waals surface area contributed by atoms with Gasteiger partial charge in [0.1, 0.15) is 5.76 Å². The van der Waals surface area contributed by atoms with Crippen LogP contribution in [0.15, 0.2) is 57.5 Å². The number of aromatic nitrogens is 2. The van der Waals surface area contributed by atoms with Crippen LogP contribution in [0, 0.1) is 0 Å². The number of carbonyl (C=O) groups is 1. The molecule has 0 aliphatic heterocycles. The van der Waals surface area contributed by atoms with E-state index in [-0.39, 0.29) is 11.7 Å². The number of furan rings is 1. The summed E-state index contributed by atoms with van der Waals surface area (Å²) in [5.41, 5.74) is 6.63. The molecule has 0 radical (unpaired) electrons. The van der Waals surface area contributed by atoms with Gasteiger partial charge in [-0.1, -0.05) is 53.4 Å². The first-order chi connectivity index (χ1) is 11.7. The van der Waals surface area contributed by atoms with Crippen molar-refractivity contribution >= 4 is 34.1 Å². The molecule has 3 aromatic rings. The molecule has 0 saturated carbocycles. The first-order valence-electron chi connectivity index (χ1n) is 7.26. The third kappa shape index (κ3) is 4.59. The van der Waals surface area contributed by atoms with Gasteiger partial charge in [0.15, 0.2) is 4.34 Å². The number of amides is 1. The number of carbonyl (C=O) groups excluding carboxylic acids is 1. The number of nitrogens with two attached hydrogens (primary N) is 1. The summed E-state index contributed by atoms with van der Waals surface area (Å²) in [6, 6.07) is 13.6. The highest BCUT2D eigenvalue weighted by molar-refractivity contribution is 8.01. The van der Waals surface area contributed by atoms with E-state index in [1.165, 1.54) is 23.1 Å². The van der Waals surface area contributed by atoms with Crippen LogP contribution >= 0.6 is 23.1 Å². The molecule has 0 bridgehead atoms. The minimum Gasteiger partial charge on any atom is -0.467 e. The second-order valence-electron chi connectivity index (χ2n) is 5.01. The lowest BCUT2D eigenvalue weighted by Gasteiger charge is -2.21. The Morgan fingerprint density at radius 3 is 2.67 bits per heavy atom. The second-order valence-corrected chi connectivity index (χ2v) is 7.24. The maximum Gasteiger partial charge on any atom is 0.233 e. The number of anilines is 1. The van der Waals surface area contributed by atoms with Gasteiger partial charge in [-0.05, 0) is 17.7 Å². The van der Waals surface area contributed by atoms with Crippen LogP contribution < -0.4 is 5.73 Å². The van der Waals surface area contributed by atoms with Gasteiger partial charge < -0.3 is 15.1 Å². The molecule has 0 unspecified atom stereocenters. The Hall–Kier alpha value is -2.32. The maximum atomic E-state index is 12.6. The Balaban J connectivity index is 1.66. The standard InChI is InChI=1S/C16H16N4O2S2/c17-15-18-19-16(24-15)23-11-14(21)20(10-13-7-4-8-22-13)9-12-5-2-1-3-6-12/h1-8H,9-11H2,(H2,17,18). The zero-order valence-corrected chi connectivity index (χ0v) is 14.4. The van der Waals surface area contributed by atoms with E-state index < -0.39 is 0 Å². The molecule has 0 aliphatic carbocycles. The smallest absolute Gasteiger partial charge is 0.233 e. The van der Waals surface area contributed by atoms with E-state index >= 15 is 0 Å². The molecule has 2 heterocycles. The Labute approximate surface area is 147 Å². The SMILES string of the molecule is Nc1nnc(SCC(=O)N(Cc2ccccc2)Cc2ccco2)s1. The molecule has 1 amide bonds. The molecule has 8 heteroatoms. The highest BCUT2D eigenvalue weighted by Gasteiger charge is 2.17. The summed E-state index contributed by atoms with van der Waals surface area (Å²) in [6.45, 7) is 0.957. The molecule has 2 aromatic heterocycles.